The van der Waals surface area contributed by atoms with Crippen molar-refractivity contribution in [3.05, 3.63) is 151 Å². The van der Waals surface area contributed by atoms with Gasteiger partial charge in [-0.25, -0.2) is 0 Å². The van der Waals surface area contributed by atoms with Crippen LogP contribution < -0.4 is 0 Å². The summed E-state index contributed by atoms with van der Waals surface area (Å²) in [6.45, 7) is 0. The van der Waals surface area contributed by atoms with E-state index in [1.807, 2.05) is 36.7 Å². The van der Waals surface area contributed by atoms with E-state index >= 15 is 0 Å². The van der Waals surface area contributed by atoms with Gasteiger partial charge in [0.05, 0.1) is 39.4 Å². The molecule has 0 atom stereocenters. The minimum absolute atomic E-state index is 0.639. The summed E-state index contributed by atoms with van der Waals surface area (Å²) in [5.41, 5.74) is 11.0. The van der Waals surface area contributed by atoms with Crippen LogP contribution in [0.3, 0.4) is 0 Å². The zero-order chi connectivity index (χ0) is 31.1. The number of para-hydroxylation sites is 3. The molecule has 6 aromatic carbocycles. The van der Waals surface area contributed by atoms with Crippen molar-refractivity contribution < 1.29 is 4.42 Å². The van der Waals surface area contributed by atoms with E-state index in [9.17, 15) is 5.26 Å². The van der Waals surface area contributed by atoms with Gasteiger partial charge in [-0.05, 0) is 90.0 Å². The fourth-order valence-electron chi connectivity index (χ4n) is 7.36. The minimum atomic E-state index is 0.639. The van der Waals surface area contributed by atoms with Crippen LogP contribution in [0.5, 0.6) is 0 Å². The summed E-state index contributed by atoms with van der Waals surface area (Å²) in [6.07, 6.45) is 3.63. The molecule has 0 spiro atoms. The van der Waals surface area contributed by atoms with Crippen molar-refractivity contribution in [2.75, 3.05) is 0 Å². The molecule has 0 aliphatic heterocycles. The summed E-state index contributed by atoms with van der Waals surface area (Å²) >= 11 is 0. The van der Waals surface area contributed by atoms with Gasteiger partial charge in [0.15, 0.2) is 5.58 Å². The summed E-state index contributed by atoms with van der Waals surface area (Å²) in [7, 11) is 0. The molecule has 0 aliphatic rings. The summed E-state index contributed by atoms with van der Waals surface area (Å²) in [4.78, 5) is 4.19. The standard InChI is InChI=1S/C42H24N4O/c43-25-26-12-15-38-33(22-26)34-23-28(27-18-20-44-21-19-27)13-16-39(34)45(38)29-14-17-41-35(24-29)32-8-5-11-40(42(32)47-41)46-36-9-3-1-6-30(36)31-7-2-4-10-37(31)46/h1-24H. The van der Waals surface area contributed by atoms with Crippen molar-refractivity contribution in [1.29, 1.82) is 5.26 Å². The topological polar surface area (TPSA) is 59.7 Å². The minimum Gasteiger partial charge on any atom is -0.454 e. The number of hydrogen-bond acceptors (Lipinski definition) is 3. The van der Waals surface area contributed by atoms with Crippen LogP contribution in [0.2, 0.25) is 0 Å². The number of fused-ring (bicyclic) bond motifs is 9. The van der Waals surface area contributed by atoms with E-state index in [-0.39, 0.29) is 0 Å². The summed E-state index contributed by atoms with van der Waals surface area (Å²) in [6, 6.07) is 48.8. The maximum atomic E-state index is 9.75. The molecule has 4 aromatic heterocycles. The van der Waals surface area contributed by atoms with Crippen molar-refractivity contribution in [3.8, 4) is 28.6 Å². The lowest BCUT2D eigenvalue weighted by Gasteiger charge is -2.09. The predicted octanol–water partition coefficient (Wildman–Crippen LogP) is 10.7. The van der Waals surface area contributed by atoms with E-state index in [0.717, 1.165) is 77.3 Å². The van der Waals surface area contributed by atoms with Crippen molar-refractivity contribution in [3.63, 3.8) is 0 Å². The Balaban J connectivity index is 1.22. The quantitative estimate of drug-likeness (QED) is 0.203. The van der Waals surface area contributed by atoms with Crippen LogP contribution in [-0.4, -0.2) is 14.1 Å². The molecule has 4 heterocycles. The Morgan fingerprint density at radius 1 is 0.511 bits per heavy atom. The van der Waals surface area contributed by atoms with E-state index in [4.69, 9.17) is 4.42 Å². The van der Waals surface area contributed by atoms with Crippen molar-refractivity contribution in [1.82, 2.24) is 14.1 Å². The lowest BCUT2D eigenvalue weighted by Crippen LogP contribution is -1.94. The molecular weight excluding hydrogens is 576 g/mol. The van der Waals surface area contributed by atoms with Gasteiger partial charge in [-0.1, -0.05) is 54.6 Å². The molecule has 10 rings (SSSR count). The normalized spacial score (nSPS) is 11.8. The molecule has 0 unspecified atom stereocenters. The third-order valence-electron chi connectivity index (χ3n) is 9.45. The van der Waals surface area contributed by atoms with Gasteiger partial charge in [-0.15, -0.1) is 0 Å². The number of nitriles is 1. The van der Waals surface area contributed by atoms with Crippen molar-refractivity contribution >= 4 is 65.6 Å². The second kappa shape index (κ2) is 9.68. The third kappa shape index (κ3) is 3.67. The fourth-order valence-corrected chi connectivity index (χ4v) is 7.36. The second-order valence-electron chi connectivity index (χ2n) is 12.0. The van der Waals surface area contributed by atoms with Gasteiger partial charge in [0.25, 0.3) is 0 Å². The zero-order valence-corrected chi connectivity index (χ0v) is 25.1. The van der Waals surface area contributed by atoms with Crippen molar-refractivity contribution in [2.24, 2.45) is 0 Å². The summed E-state index contributed by atoms with van der Waals surface area (Å²) in [5, 5.41) is 16.4. The fraction of sp³-hybridized carbons (Fsp3) is 0. The monoisotopic (exact) mass is 600 g/mol. The highest BCUT2D eigenvalue weighted by Gasteiger charge is 2.19. The molecule has 0 aliphatic carbocycles. The Morgan fingerprint density at radius 2 is 1.19 bits per heavy atom. The molecular formula is C42H24N4O. The average Bonchev–Trinajstić information content (AvgIpc) is 3.79. The first-order valence-electron chi connectivity index (χ1n) is 15.6. The highest BCUT2D eigenvalue weighted by Crippen LogP contribution is 2.40. The summed E-state index contributed by atoms with van der Waals surface area (Å²) < 4.78 is 11.3. The number of hydrogen-bond donors (Lipinski definition) is 0. The Morgan fingerprint density at radius 3 is 1.96 bits per heavy atom. The Bertz CT molecular complexity index is 2870. The van der Waals surface area contributed by atoms with Crippen LogP contribution in [0.15, 0.2) is 150 Å². The molecule has 0 fully saturated rings. The van der Waals surface area contributed by atoms with Crippen LogP contribution in [0.4, 0.5) is 0 Å². The molecule has 0 saturated carbocycles. The molecule has 0 radical (unpaired) electrons. The van der Waals surface area contributed by atoms with Crippen LogP contribution in [0, 0.1) is 11.3 Å². The molecule has 218 valence electrons. The van der Waals surface area contributed by atoms with Crippen LogP contribution >= 0.6 is 0 Å². The number of benzene rings is 6. The Kier molecular flexibility index (Phi) is 5.28. The van der Waals surface area contributed by atoms with E-state index in [1.54, 1.807) is 0 Å². The number of furan rings is 1. The van der Waals surface area contributed by atoms with Gasteiger partial charge in [-0.2, -0.15) is 5.26 Å². The molecule has 0 amide bonds. The first-order valence-corrected chi connectivity index (χ1v) is 15.6. The highest BCUT2D eigenvalue weighted by molar-refractivity contribution is 6.14. The van der Waals surface area contributed by atoms with Gasteiger partial charge >= 0.3 is 0 Å². The Labute approximate surface area is 268 Å². The maximum Gasteiger partial charge on any atom is 0.159 e. The van der Waals surface area contributed by atoms with Crippen LogP contribution in [0.1, 0.15) is 5.56 Å². The first kappa shape index (κ1) is 25.7. The lowest BCUT2D eigenvalue weighted by molar-refractivity contribution is 0.666. The smallest absolute Gasteiger partial charge is 0.159 e. The third-order valence-corrected chi connectivity index (χ3v) is 9.45. The zero-order valence-electron chi connectivity index (χ0n) is 25.1. The van der Waals surface area contributed by atoms with Gasteiger partial charge in [0.2, 0.25) is 0 Å². The van der Waals surface area contributed by atoms with E-state index < -0.39 is 0 Å². The number of aromatic nitrogens is 3. The van der Waals surface area contributed by atoms with Gasteiger partial charge < -0.3 is 13.6 Å². The van der Waals surface area contributed by atoms with Crippen LogP contribution in [0.25, 0.3) is 88.1 Å². The molecule has 0 bridgehead atoms. The van der Waals surface area contributed by atoms with Gasteiger partial charge in [0.1, 0.15) is 5.58 Å². The largest absolute Gasteiger partial charge is 0.454 e. The highest BCUT2D eigenvalue weighted by atomic mass is 16.3. The SMILES string of the molecule is N#Cc1ccc2c(c1)c1cc(-c3ccncc3)ccc1n2-c1ccc2oc3c(-n4c5ccccc5c5ccccc54)cccc3c2c1. The molecule has 10 aromatic rings. The molecule has 5 heteroatoms. The second-order valence-corrected chi connectivity index (χ2v) is 12.0. The first-order chi connectivity index (χ1) is 23.3. The molecule has 5 nitrogen and oxygen atoms in total. The van der Waals surface area contributed by atoms with E-state index in [1.165, 1.54) is 10.8 Å². The number of rotatable bonds is 3. The predicted molar refractivity (Wildman–Crippen MR) is 190 cm³/mol. The molecule has 0 N–H and O–H groups in total. The molecule has 0 saturated heterocycles. The summed E-state index contributed by atoms with van der Waals surface area (Å²) in [5.74, 6) is 0. The maximum absolute atomic E-state index is 9.75. The Hall–Kier alpha value is -6.64. The van der Waals surface area contributed by atoms with E-state index in [2.05, 4.69) is 129 Å². The van der Waals surface area contributed by atoms with E-state index in [0.29, 0.717) is 5.56 Å². The van der Waals surface area contributed by atoms with Gasteiger partial charge in [0, 0.05) is 50.4 Å². The molecule has 47 heavy (non-hydrogen) atoms. The van der Waals surface area contributed by atoms with Crippen molar-refractivity contribution in [2.45, 2.75) is 0 Å². The van der Waals surface area contributed by atoms with Gasteiger partial charge in [-0.3, -0.25) is 4.98 Å². The number of pyridine rings is 1. The average molecular weight is 601 g/mol. The number of nitrogens with zero attached hydrogens (tertiary/aromatic N) is 4. The lowest BCUT2D eigenvalue weighted by atomic mass is 10.0. The van der Waals surface area contributed by atoms with Crippen LogP contribution in [-0.2, 0) is 0 Å².